The first kappa shape index (κ1) is 12.9. The molecule has 5 heteroatoms. The Morgan fingerprint density at radius 1 is 1.31 bits per heavy atom. The third-order valence-corrected chi connectivity index (χ3v) is 3.23. The highest BCUT2D eigenvalue weighted by atomic mass is 32.2. The molecule has 0 aromatic carbocycles. The van der Waals surface area contributed by atoms with E-state index in [0.717, 1.165) is 0 Å². The topological polar surface area (TPSA) is 72.2 Å². The summed E-state index contributed by atoms with van der Waals surface area (Å²) >= 11 is 0. The molecule has 0 aliphatic heterocycles. The molecule has 0 rings (SSSR count). The van der Waals surface area contributed by atoms with Crippen molar-refractivity contribution in [1.82, 2.24) is 4.72 Å². The maximum atomic E-state index is 11.3. The summed E-state index contributed by atoms with van der Waals surface area (Å²) in [5.74, 6) is 0.597. The summed E-state index contributed by atoms with van der Waals surface area (Å²) in [5, 5.41) is 0. The van der Waals surface area contributed by atoms with E-state index in [0.29, 0.717) is 18.9 Å². The minimum absolute atomic E-state index is 0.169. The van der Waals surface area contributed by atoms with Gasteiger partial charge in [-0.3, -0.25) is 0 Å². The van der Waals surface area contributed by atoms with Crippen molar-refractivity contribution in [2.75, 3.05) is 12.3 Å². The Morgan fingerprint density at radius 3 is 2.23 bits per heavy atom. The summed E-state index contributed by atoms with van der Waals surface area (Å²) < 4.78 is 25.2. The first-order valence-electron chi connectivity index (χ1n) is 4.57. The van der Waals surface area contributed by atoms with Crippen LogP contribution in [-0.4, -0.2) is 26.8 Å². The van der Waals surface area contributed by atoms with Crippen molar-refractivity contribution in [2.45, 2.75) is 33.2 Å². The van der Waals surface area contributed by atoms with Crippen molar-refractivity contribution in [3.05, 3.63) is 0 Å². The highest BCUT2D eigenvalue weighted by Gasteiger charge is 2.13. The standard InChI is InChI=1S/C8H20N2O2S/c1-7(2)4-5-13(11,12)10-8(3)6-9/h7-8,10H,4-6,9H2,1-3H3/t8-/m1/s1. The van der Waals surface area contributed by atoms with Gasteiger partial charge in [-0.15, -0.1) is 0 Å². The number of sulfonamides is 1. The molecular weight excluding hydrogens is 188 g/mol. The van der Waals surface area contributed by atoms with Crippen LogP contribution in [0.3, 0.4) is 0 Å². The number of hydrogen-bond acceptors (Lipinski definition) is 3. The third kappa shape index (κ3) is 6.98. The maximum absolute atomic E-state index is 11.3. The van der Waals surface area contributed by atoms with Gasteiger partial charge in [-0.05, 0) is 19.3 Å². The van der Waals surface area contributed by atoms with Crippen LogP contribution in [0, 0.1) is 5.92 Å². The van der Waals surface area contributed by atoms with Gasteiger partial charge in [-0.25, -0.2) is 13.1 Å². The van der Waals surface area contributed by atoms with Crippen molar-refractivity contribution < 1.29 is 8.42 Å². The molecule has 4 nitrogen and oxygen atoms in total. The van der Waals surface area contributed by atoms with Gasteiger partial charge in [0.15, 0.2) is 0 Å². The van der Waals surface area contributed by atoms with Crippen molar-refractivity contribution in [2.24, 2.45) is 11.7 Å². The van der Waals surface area contributed by atoms with E-state index in [2.05, 4.69) is 4.72 Å². The lowest BCUT2D eigenvalue weighted by molar-refractivity contribution is 0.547. The van der Waals surface area contributed by atoms with E-state index in [9.17, 15) is 8.42 Å². The van der Waals surface area contributed by atoms with E-state index in [1.54, 1.807) is 6.92 Å². The highest BCUT2D eigenvalue weighted by Crippen LogP contribution is 2.02. The van der Waals surface area contributed by atoms with Crippen molar-refractivity contribution in [3.8, 4) is 0 Å². The van der Waals surface area contributed by atoms with Gasteiger partial charge < -0.3 is 5.73 Å². The Bertz CT molecular complexity index is 224. The molecule has 0 unspecified atom stereocenters. The minimum atomic E-state index is -3.12. The second kappa shape index (κ2) is 5.57. The molecule has 1 atom stereocenters. The Balaban J connectivity index is 3.95. The van der Waals surface area contributed by atoms with Crippen molar-refractivity contribution >= 4 is 10.0 Å². The molecule has 80 valence electrons. The fraction of sp³-hybridized carbons (Fsp3) is 1.00. The van der Waals surface area contributed by atoms with E-state index in [1.807, 2.05) is 13.8 Å². The second-order valence-corrected chi connectivity index (χ2v) is 5.63. The van der Waals surface area contributed by atoms with Crippen LogP contribution in [-0.2, 0) is 10.0 Å². The highest BCUT2D eigenvalue weighted by molar-refractivity contribution is 7.89. The first-order chi connectivity index (χ1) is 5.87. The van der Waals surface area contributed by atoms with Crippen LogP contribution in [0.2, 0.25) is 0 Å². The molecule has 0 spiro atoms. The Hall–Kier alpha value is -0.130. The normalized spacial score (nSPS) is 14.8. The molecule has 0 fully saturated rings. The summed E-state index contributed by atoms with van der Waals surface area (Å²) in [7, 11) is -3.12. The van der Waals surface area contributed by atoms with Gasteiger partial charge in [-0.1, -0.05) is 13.8 Å². The van der Waals surface area contributed by atoms with Crippen LogP contribution in [0.1, 0.15) is 27.2 Å². The Morgan fingerprint density at radius 2 is 1.85 bits per heavy atom. The molecule has 0 heterocycles. The van der Waals surface area contributed by atoms with Crippen LogP contribution in [0.4, 0.5) is 0 Å². The van der Waals surface area contributed by atoms with E-state index >= 15 is 0 Å². The zero-order valence-electron chi connectivity index (χ0n) is 8.58. The molecule has 0 saturated carbocycles. The number of nitrogens with one attached hydrogen (secondary N) is 1. The molecule has 0 aliphatic rings. The van der Waals surface area contributed by atoms with Crippen LogP contribution >= 0.6 is 0 Å². The molecule has 0 amide bonds. The van der Waals surface area contributed by atoms with Gasteiger partial charge in [-0.2, -0.15) is 0 Å². The number of rotatable bonds is 6. The monoisotopic (exact) mass is 208 g/mol. The molecule has 0 saturated heterocycles. The van der Waals surface area contributed by atoms with Gasteiger partial charge in [0.25, 0.3) is 0 Å². The van der Waals surface area contributed by atoms with Crippen molar-refractivity contribution in [3.63, 3.8) is 0 Å². The Labute approximate surface area is 80.9 Å². The molecular formula is C8H20N2O2S. The Kier molecular flexibility index (Phi) is 5.51. The van der Waals surface area contributed by atoms with Gasteiger partial charge >= 0.3 is 0 Å². The predicted octanol–water partition coefficient (Wildman–Crippen LogP) is 0.299. The summed E-state index contributed by atoms with van der Waals surface area (Å²) in [5.41, 5.74) is 5.31. The average molecular weight is 208 g/mol. The minimum Gasteiger partial charge on any atom is -0.329 e. The van der Waals surface area contributed by atoms with Crippen LogP contribution in [0.25, 0.3) is 0 Å². The van der Waals surface area contributed by atoms with Crippen molar-refractivity contribution in [1.29, 1.82) is 0 Å². The number of hydrogen-bond donors (Lipinski definition) is 2. The predicted molar refractivity (Wildman–Crippen MR) is 54.9 cm³/mol. The van der Waals surface area contributed by atoms with Gasteiger partial charge in [0, 0.05) is 12.6 Å². The lowest BCUT2D eigenvalue weighted by Crippen LogP contribution is -2.39. The van der Waals surface area contributed by atoms with E-state index in [4.69, 9.17) is 5.73 Å². The van der Waals surface area contributed by atoms with Gasteiger partial charge in [0.05, 0.1) is 5.75 Å². The quantitative estimate of drug-likeness (QED) is 0.659. The lowest BCUT2D eigenvalue weighted by atomic mass is 10.2. The molecule has 0 radical (unpaired) electrons. The summed E-state index contributed by atoms with van der Waals surface area (Å²) in [6.07, 6.45) is 0.687. The van der Waals surface area contributed by atoms with Gasteiger partial charge in [0.2, 0.25) is 10.0 Å². The molecule has 0 aliphatic carbocycles. The second-order valence-electron chi connectivity index (χ2n) is 3.76. The average Bonchev–Trinajstić information content (AvgIpc) is 2.00. The molecule has 0 bridgehead atoms. The largest absolute Gasteiger partial charge is 0.329 e. The number of nitrogens with two attached hydrogens (primary N) is 1. The summed E-state index contributed by atoms with van der Waals surface area (Å²) in [6, 6.07) is -0.169. The summed E-state index contributed by atoms with van der Waals surface area (Å²) in [4.78, 5) is 0. The third-order valence-electron chi connectivity index (χ3n) is 1.70. The fourth-order valence-corrected chi connectivity index (χ4v) is 2.41. The fourth-order valence-electron chi connectivity index (χ4n) is 0.804. The van der Waals surface area contributed by atoms with E-state index in [1.165, 1.54) is 0 Å². The molecule has 0 aromatic heterocycles. The van der Waals surface area contributed by atoms with Gasteiger partial charge in [0.1, 0.15) is 0 Å². The molecule has 3 N–H and O–H groups in total. The van der Waals surface area contributed by atoms with E-state index in [-0.39, 0.29) is 11.8 Å². The summed E-state index contributed by atoms with van der Waals surface area (Å²) in [6.45, 7) is 6.09. The zero-order valence-corrected chi connectivity index (χ0v) is 9.39. The smallest absolute Gasteiger partial charge is 0.211 e. The maximum Gasteiger partial charge on any atom is 0.211 e. The molecule has 0 aromatic rings. The van der Waals surface area contributed by atoms with Crippen LogP contribution in [0.5, 0.6) is 0 Å². The lowest BCUT2D eigenvalue weighted by Gasteiger charge is -2.12. The zero-order chi connectivity index (χ0) is 10.5. The molecule has 13 heavy (non-hydrogen) atoms. The van der Waals surface area contributed by atoms with E-state index < -0.39 is 10.0 Å². The van der Waals surface area contributed by atoms with Crippen LogP contribution in [0.15, 0.2) is 0 Å². The SMILES string of the molecule is CC(C)CCS(=O)(=O)N[C@H](C)CN. The first-order valence-corrected chi connectivity index (χ1v) is 6.22. The van der Waals surface area contributed by atoms with Crippen LogP contribution < -0.4 is 10.5 Å².